The molecule has 1 aliphatic heterocycles. The van der Waals surface area contributed by atoms with Crippen molar-refractivity contribution in [2.75, 3.05) is 0 Å². The standard InChI is InChI=1S/C21H21NSi/c1-4-15-11-12-20-18(14-15)16-8-7-9-17(21(16)23(20,2)3)19-10-5-6-13-22-19/h5-14H,4H2,1-3H3. The first-order chi connectivity index (χ1) is 11.1. The second-order valence-electron chi connectivity index (χ2n) is 6.80. The summed E-state index contributed by atoms with van der Waals surface area (Å²) in [4.78, 5) is 4.61. The summed E-state index contributed by atoms with van der Waals surface area (Å²) in [5.41, 5.74) is 6.70. The molecule has 0 bridgehead atoms. The van der Waals surface area contributed by atoms with Crippen molar-refractivity contribution in [1.82, 2.24) is 4.98 Å². The molecular formula is C21H21NSi. The highest BCUT2D eigenvalue weighted by molar-refractivity contribution is 7.04. The molecule has 1 nitrogen and oxygen atoms in total. The molecule has 0 spiro atoms. The van der Waals surface area contributed by atoms with E-state index >= 15 is 0 Å². The Balaban J connectivity index is 2.02. The summed E-state index contributed by atoms with van der Waals surface area (Å²) in [5.74, 6) is 0. The van der Waals surface area contributed by atoms with Gasteiger partial charge in [-0.05, 0) is 45.6 Å². The molecular weight excluding hydrogens is 294 g/mol. The second kappa shape index (κ2) is 5.17. The third-order valence-electron chi connectivity index (χ3n) is 5.09. The molecule has 0 atom stereocenters. The summed E-state index contributed by atoms with van der Waals surface area (Å²) in [7, 11) is -1.68. The summed E-state index contributed by atoms with van der Waals surface area (Å²) >= 11 is 0. The summed E-state index contributed by atoms with van der Waals surface area (Å²) in [6.45, 7) is 7.16. The van der Waals surface area contributed by atoms with Crippen molar-refractivity contribution >= 4 is 18.4 Å². The van der Waals surface area contributed by atoms with E-state index in [1.165, 1.54) is 22.3 Å². The van der Waals surface area contributed by atoms with Gasteiger partial charge >= 0.3 is 0 Å². The average Bonchev–Trinajstić information content (AvgIpc) is 2.83. The van der Waals surface area contributed by atoms with Crippen molar-refractivity contribution in [1.29, 1.82) is 0 Å². The molecule has 1 aliphatic rings. The molecule has 2 heterocycles. The number of aryl methyl sites for hydroxylation is 1. The highest BCUT2D eigenvalue weighted by atomic mass is 28.3. The minimum Gasteiger partial charge on any atom is -0.256 e. The first-order valence-electron chi connectivity index (χ1n) is 8.31. The van der Waals surface area contributed by atoms with E-state index in [0.29, 0.717) is 0 Å². The van der Waals surface area contributed by atoms with Gasteiger partial charge in [0.05, 0.1) is 5.69 Å². The Bertz CT molecular complexity index is 882. The zero-order valence-corrected chi connectivity index (χ0v) is 14.9. The van der Waals surface area contributed by atoms with Gasteiger partial charge in [-0.2, -0.15) is 0 Å². The number of benzene rings is 2. The summed E-state index contributed by atoms with van der Waals surface area (Å²) in [5, 5.41) is 3.11. The average molecular weight is 315 g/mol. The van der Waals surface area contributed by atoms with Crippen molar-refractivity contribution in [2.24, 2.45) is 0 Å². The Labute approximate surface area is 139 Å². The third kappa shape index (κ3) is 2.09. The van der Waals surface area contributed by atoms with Crippen LogP contribution < -0.4 is 10.4 Å². The Morgan fingerprint density at radius 3 is 2.43 bits per heavy atom. The first-order valence-corrected chi connectivity index (χ1v) is 11.3. The van der Waals surface area contributed by atoms with Gasteiger partial charge in [-0.25, -0.2) is 0 Å². The van der Waals surface area contributed by atoms with Gasteiger partial charge in [0, 0.05) is 11.8 Å². The first kappa shape index (κ1) is 14.4. The van der Waals surface area contributed by atoms with Crippen LogP contribution in [0.1, 0.15) is 12.5 Å². The fourth-order valence-corrected chi connectivity index (χ4v) is 7.33. The van der Waals surface area contributed by atoms with Crippen LogP contribution in [0.4, 0.5) is 0 Å². The maximum atomic E-state index is 4.61. The number of rotatable bonds is 2. The van der Waals surface area contributed by atoms with Crippen LogP contribution in [0.15, 0.2) is 60.8 Å². The van der Waals surface area contributed by atoms with Crippen LogP contribution in [0.2, 0.25) is 13.1 Å². The molecule has 2 aromatic carbocycles. The summed E-state index contributed by atoms with van der Waals surface area (Å²) in [6, 6.07) is 20.0. The fraction of sp³-hybridized carbons (Fsp3) is 0.190. The van der Waals surface area contributed by atoms with E-state index in [1.54, 1.807) is 10.4 Å². The molecule has 0 amide bonds. The number of nitrogens with zero attached hydrogens (tertiary/aromatic N) is 1. The van der Waals surface area contributed by atoms with E-state index in [0.717, 1.165) is 12.1 Å². The Kier molecular flexibility index (Phi) is 3.24. The molecule has 0 radical (unpaired) electrons. The van der Waals surface area contributed by atoms with Gasteiger partial charge in [0.2, 0.25) is 0 Å². The zero-order valence-electron chi connectivity index (χ0n) is 13.9. The molecule has 114 valence electrons. The minimum absolute atomic E-state index is 1.09. The monoisotopic (exact) mass is 315 g/mol. The molecule has 23 heavy (non-hydrogen) atoms. The van der Waals surface area contributed by atoms with Gasteiger partial charge in [-0.15, -0.1) is 0 Å². The van der Waals surface area contributed by atoms with E-state index in [4.69, 9.17) is 0 Å². The van der Waals surface area contributed by atoms with Crippen LogP contribution >= 0.6 is 0 Å². The zero-order chi connectivity index (χ0) is 16.0. The lowest BCUT2D eigenvalue weighted by molar-refractivity contribution is 1.14. The van der Waals surface area contributed by atoms with Gasteiger partial charge in [0.1, 0.15) is 8.07 Å². The lowest BCUT2D eigenvalue weighted by Crippen LogP contribution is -2.50. The maximum absolute atomic E-state index is 4.61. The molecule has 3 aromatic rings. The van der Waals surface area contributed by atoms with E-state index in [2.05, 4.69) is 73.5 Å². The van der Waals surface area contributed by atoms with Gasteiger partial charge < -0.3 is 0 Å². The normalized spacial score (nSPS) is 14.4. The van der Waals surface area contributed by atoms with Crippen molar-refractivity contribution < 1.29 is 0 Å². The van der Waals surface area contributed by atoms with Crippen LogP contribution in [0, 0.1) is 0 Å². The molecule has 0 aliphatic carbocycles. The smallest absolute Gasteiger partial charge is 0.114 e. The van der Waals surface area contributed by atoms with Crippen LogP contribution in [0.25, 0.3) is 22.4 Å². The lowest BCUT2D eigenvalue weighted by atomic mass is 9.99. The Hall–Kier alpha value is -2.19. The highest BCUT2D eigenvalue weighted by Crippen LogP contribution is 2.33. The number of aromatic nitrogens is 1. The Morgan fingerprint density at radius 2 is 1.70 bits per heavy atom. The van der Waals surface area contributed by atoms with Crippen LogP contribution in [0.3, 0.4) is 0 Å². The SMILES string of the molecule is CCc1ccc2c(c1)-c1cccc(-c3ccccn3)c1[Si]2(C)C. The molecule has 0 saturated heterocycles. The number of hydrogen-bond acceptors (Lipinski definition) is 1. The van der Waals surface area contributed by atoms with Crippen LogP contribution in [0.5, 0.6) is 0 Å². The quantitative estimate of drug-likeness (QED) is 0.648. The van der Waals surface area contributed by atoms with E-state index in [1.807, 2.05) is 12.3 Å². The number of pyridine rings is 1. The number of hydrogen-bond donors (Lipinski definition) is 0. The second-order valence-corrected chi connectivity index (χ2v) is 11.1. The van der Waals surface area contributed by atoms with Crippen LogP contribution in [-0.4, -0.2) is 13.1 Å². The topological polar surface area (TPSA) is 12.9 Å². The minimum atomic E-state index is -1.68. The van der Waals surface area contributed by atoms with Gasteiger partial charge in [-0.1, -0.05) is 62.5 Å². The maximum Gasteiger partial charge on any atom is 0.114 e. The fourth-order valence-electron chi connectivity index (χ4n) is 3.90. The molecule has 0 saturated carbocycles. The predicted octanol–water partition coefficient (Wildman–Crippen LogP) is 4.11. The van der Waals surface area contributed by atoms with Gasteiger partial charge in [0.25, 0.3) is 0 Å². The van der Waals surface area contributed by atoms with Crippen LogP contribution in [-0.2, 0) is 6.42 Å². The van der Waals surface area contributed by atoms with E-state index in [9.17, 15) is 0 Å². The summed E-state index contributed by atoms with van der Waals surface area (Å²) < 4.78 is 0. The van der Waals surface area contributed by atoms with Crippen molar-refractivity contribution in [3.63, 3.8) is 0 Å². The molecule has 4 rings (SSSR count). The molecule has 0 unspecified atom stereocenters. The molecule has 0 fully saturated rings. The largest absolute Gasteiger partial charge is 0.256 e. The third-order valence-corrected chi connectivity index (χ3v) is 8.66. The van der Waals surface area contributed by atoms with E-state index < -0.39 is 8.07 Å². The van der Waals surface area contributed by atoms with Gasteiger partial charge in [-0.3, -0.25) is 4.98 Å². The lowest BCUT2D eigenvalue weighted by Gasteiger charge is -2.22. The number of fused-ring (bicyclic) bond motifs is 3. The molecule has 2 heteroatoms. The van der Waals surface area contributed by atoms with Gasteiger partial charge in [0.15, 0.2) is 0 Å². The molecule has 0 N–H and O–H groups in total. The highest BCUT2D eigenvalue weighted by Gasteiger charge is 2.39. The summed E-state index contributed by atoms with van der Waals surface area (Å²) in [6.07, 6.45) is 2.98. The van der Waals surface area contributed by atoms with Crippen molar-refractivity contribution in [3.8, 4) is 22.4 Å². The predicted molar refractivity (Wildman–Crippen MR) is 101 cm³/mol. The van der Waals surface area contributed by atoms with Crippen molar-refractivity contribution in [2.45, 2.75) is 26.4 Å². The van der Waals surface area contributed by atoms with E-state index in [-0.39, 0.29) is 0 Å². The Morgan fingerprint density at radius 1 is 0.870 bits per heavy atom. The molecule has 1 aromatic heterocycles. The van der Waals surface area contributed by atoms with Crippen molar-refractivity contribution in [3.05, 3.63) is 66.4 Å².